The second kappa shape index (κ2) is 2.57. The van der Waals surface area contributed by atoms with Crippen LogP contribution in [-0.4, -0.2) is 5.94 Å². The van der Waals surface area contributed by atoms with Gasteiger partial charge in [0.25, 0.3) is 0 Å². The van der Waals surface area contributed by atoms with Gasteiger partial charge in [-0.15, -0.1) is 11.8 Å². The lowest BCUT2D eigenvalue weighted by Crippen LogP contribution is -1.78. The number of thioether (sulfide) groups is 1. The van der Waals surface area contributed by atoms with Crippen molar-refractivity contribution in [2.45, 2.75) is 5.75 Å². The van der Waals surface area contributed by atoms with Crippen LogP contribution in [-0.2, 0) is 10.5 Å². The smallest absolute Gasteiger partial charge is 0.140 e. The minimum absolute atomic E-state index is 0.751. The van der Waals surface area contributed by atoms with Gasteiger partial charge in [0.2, 0.25) is 0 Å². The number of hydrogen-bond donors (Lipinski definition) is 0. The lowest BCUT2D eigenvalue weighted by Gasteiger charge is -1.92. The van der Waals surface area contributed by atoms with Crippen molar-refractivity contribution < 1.29 is 4.79 Å². The van der Waals surface area contributed by atoms with Gasteiger partial charge < -0.3 is 0 Å². The van der Waals surface area contributed by atoms with E-state index in [1.807, 2.05) is 30.2 Å². The van der Waals surface area contributed by atoms with Crippen molar-refractivity contribution in [2.24, 2.45) is 0 Å². The lowest BCUT2D eigenvalue weighted by atomic mass is 10.1. The van der Waals surface area contributed by atoms with Crippen LogP contribution in [0.15, 0.2) is 24.3 Å². The Hall–Kier alpha value is -0.980. The molecule has 0 atom stereocenters. The van der Waals surface area contributed by atoms with E-state index in [1.165, 1.54) is 5.56 Å². The normalized spacial score (nSPS) is 14.4. The molecule has 0 fully saturated rings. The molecular weight excluding hydrogens is 156 g/mol. The van der Waals surface area contributed by atoms with E-state index in [0.29, 0.717) is 0 Å². The first-order valence-corrected chi connectivity index (χ1v) is 4.36. The van der Waals surface area contributed by atoms with Crippen LogP contribution >= 0.6 is 11.8 Å². The third-order valence-electron chi connectivity index (χ3n) is 1.73. The molecule has 1 aliphatic rings. The molecule has 1 aliphatic heterocycles. The zero-order valence-corrected chi connectivity index (χ0v) is 6.65. The molecule has 1 heterocycles. The second-order valence-corrected chi connectivity index (χ2v) is 3.36. The molecule has 0 aromatic heterocycles. The van der Waals surface area contributed by atoms with Crippen molar-refractivity contribution in [1.82, 2.24) is 0 Å². The van der Waals surface area contributed by atoms with Crippen molar-refractivity contribution in [3.05, 3.63) is 35.4 Å². The SMILES string of the molecule is O=C=C1SCc2ccccc21. The molecule has 11 heavy (non-hydrogen) atoms. The monoisotopic (exact) mass is 162 g/mol. The molecule has 1 nitrogen and oxygen atoms in total. The first-order chi connectivity index (χ1) is 5.42. The van der Waals surface area contributed by atoms with Gasteiger partial charge in [0.15, 0.2) is 0 Å². The molecule has 54 valence electrons. The molecule has 1 aromatic rings. The lowest BCUT2D eigenvalue weighted by molar-refractivity contribution is 0.570. The number of carbonyl (C=O) groups excluding carboxylic acids is 1. The maximum absolute atomic E-state index is 10.4. The number of benzene rings is 1. The Labute approximate surface area is 69.1 Å². The van der Waals surface area contributed by atoms with Crippen molar-refractivity contribution in [3.63, 3.8) is 0 Å². The summed E-state index contributed by atoms with van der Waals surface area (Å²) in [7, 11) is 0. The van der Waals surface area contributed by atoms with Crippen LogP contribution in [0, 0.1) is 0 Å². The van der Waals surface area contributed by atoms with E-state index < -0.39 is 0 Å². The summed E-state index contributed by atoms with van der Waals surface area (Å²) in [5.41, 5.74) is 2.31. The average molecular weight is 162 g/mol. The molecular formula is C9H6OS. The van der Waals surface area contributed by atoms with Gasteiger partial charge in [0.05, 0.1) is 4.91 Å². The number of hydrogen-bond acceptors (Lipinski definition) is 2. The van der Waals surface area contributed by atoms with Crippen LogP contribution in [0.25, 0.3) is 4.91 Å². The minimum Gasteiger partial charge on any atom is -0.232 e. The van der Waals surface area contributed by atoms with Crippen LogP contribution in [0.4, 0.5) is 0 Å². The Morgan fingerprint density at radius 2 is 2.18 bits per heavy atom. The van der Waals surface area contributed by atoms with Crippen LogP contribution in [0.1, 0.15) is 11.1 Å². The summed E-state index contributed by atoms with van der Waals surface area (Å²) in [6, 6.07) is 7.96. The van der Waals surface area contributed by atoms with E-state index in [4.69, 9.17) is 0 Å². The van der Waals surface area contributed by atoms with E-state index in [9.17, 15) is 4.79 Å². The summed E-state index contributed by atoms with van der Waals surface area (Å²) >= 11 is 1.56. The van der Waals surface area contributed by atoms with Crippen molar-refractivity contribution in [2.75, 3.05) is 0 Å². The third-order valence-corrected chi connectivity index (χ3v) is 2.77. The summed E-state index contributed by atoms with van der Waals surface area (Å²) in [6.45, 7) is 0. The minimum atomic E-state index is 0.751. The highest BCUT2D eigenvalue weighted by atomic mass is 32.2. The maximum Gasteiger partial charge on any atom is 0.140 e. The number of fused-ring (bicyclic) bond motifs is 1. The van der Waals surface area contributed by atoms with Gasteiger partial charge in [-0.3, -0.25) is 0 Å². The summed E-state index contributed by atoms with van der Waals surface area (Å²) in [4.78, 5) is 11.1. The fourth-order valence-electron chi connectivity index (χ4n) is 1.18. The fourth-order valence-corrected chi connectivity index (χ4v) is 2.14. The zero-order valence-electron chi connectivity index (χ0n) is 5.83. The van der Waals surface area contributed by atoms with Gasteiger partial charge in [-0.05, 0) is 5.56 Å². The third kappa shape index (κ3) is 1.01. The van der Waals surface area contributed by atoms with Gasteiger partial charge in [-0.25, -0.2) is 4.79 Å². The standard InChI is InChI=1S/C9H6OS/c10-5-9-8-4-2-1-3-7(8)6-11-9/h1-4H,6H2. The van der Waals surface area contributed by atoms with Crippen LogP contribution in [0.3, 0.4) is 0 Å². The molecule has 0 unspecified atom stereocenters. The van der Waals surface area contributed by atoms with E-state index in [2.05, 4.69) is 0 Å². The van der Waals surface area contributed by atoms with E-state index >= 15 is 0 Å². The Bertz CT molecular complexity index is 337. The van der Waals surface area contributed by atoms with Crippen LogP contribution < -0.4 is 0 Å². The fraction of sp³-hybridized carbons (Fsp3) is 0.111. The Balaban J connectivity index is 2.64. The molecule has 2 heteroatoms. The molecule has 0 saturated carbocycles. The maximum atomic E-state index is 10.4. The van der Waals surface area contributed by atoms with Crippen LogP contribution in [0.5, 0.6) is 0 Å². The second-order valence-electron chi connectivity index (χ2n) is 2.38. The van der Waals surface area contributed by atoms with Gasteiger partial charge in [0, 0.05) is 11.3 Å². The van der Waals surface area contributed by atoms with E-state index in [-0.39, 0.29) is 0 Å². The van der Waals surface area contributed by atoms with Gasteiger partial charge in [-0.1, -0.05) is 24.3 Å². The van der Waals surface area contributed by atoms with E-state index in [1.54, 1.807) is 11.8 Å². The molecule has 0 saturated heterocycles. The first kappa shape index (κ1) is 6.71. The summed E-state index contributed by atoms with van der Waals surface area (Å²) in [5.74, 6) is 2.87. The average Bonchev–Trinajstić information content (AvgIpc) is 2.47. The predicted octanol–water partition coefficient (Wildman–Crippen LogP) is 2.11. The van der Waals surface area contributed by atoms with Gasteiger partial charge in [0.1, 0.15) is 5.94 Å². The van der Waals surface area contributed by atoms with Gasteiger partial charge in [-0.2, -0.15) is 0 Å². The first-order valence-electron chi connectivity index (χ1n) is 3.38. The Kier molecular flexibility index (Phi) is 1.57. The Morgan fingerprint density at radius 1 is 1.36 bits per heavy atom. The highest BCUT2D eigenvalue weighted by Gasteiger charge is 2.15. The van der Waals surface area contributed by atoms with E-state index in [0.717, 1.165) is 16.2 Å². The topological polar surface area (TPSA) is 17.1 Å². The van der Waals surface area contributed by atoms with Crippen molar-refractivity contribution in [3.8, 4) is 0 Å². The van der Waals surface area contributed by atoms with Crippen molar-refractivity contribution in [1.29, 1.82) is 0 Å². The summed E-state index contributed by atoms with van der Waals surface area (Å²) < 4.78 is 0. The molecule has 0 bridgehead atoms. The van der Waals surface area contributed by atoms with Gasteiger partial charge >= 0.3 is 0 Å². The summed E-state index contributed by atoms with van der Waals surface area (Å²) in [5, 5.41) is 0. The highest BCUT2D eigenvalue weighted by molar-refractivity contribution is 8.08. The molecule has 0 amide bonds. The molecule has 0 radical (unpaired) electrons. The van der Waals surface area contributed by atoms with Crippen LogP contribution in [0.2, 0.25) is 0 Å². The summed E-state index contributed by atoms with van der Waals surface area (Å²) in [6.07, 6.45) is 0. The molecule has 0 N–H and O–H groups in total. The number of rotatable bonds is 0. The Morgan fingerprint density at radius 3 is 3.00 bits per heavy atom. The molecule has 2 rings (SSSR count). The molecule has 0 spiro atoms. The zero-order chi connectivity index (χ0) is 7.68. The van der Waals surface area contributed by atoms with Crippen molar-refractivity contribution >= 4 is 22.6 Å². The molecule has 1 aromatic carbocycles. The largest absolute Gasteiger partial charge is 0.232 e. The quantitative estimate of drug-likeness (QED) is 0.543. The molecule has 0 aliphatic carbocycles. The predicted molar refractivity (Wildman–Crippen MR) is 46.8 cm³/mol. The highest BCUT2D eigenvalue weighted by Crippen LogP contribution is 2.38.